The van der Waals surface area contributed by atoms with Crippen molar-refractivity contribution < 1.29 is 0 Å². The van der Waals surface area contributed by atoms with Gasteiger partial charge in [-0.2, -0.15) is 5.10 Å². The van der Waals surface area contributed by atoms with Gasteiger partial charge >= 0.3 is 0 Å². The van der Waals surface area contributed by atoms with Crippen molar-refractivity contribution in [2.75, 3.05) is 20.6 Å². The summed E-state index contributed by atoms with van der Waals surface area (Å²) in [5.41, 5.74) is 2.49. The van der Waals surface area contributed by atoms with Gasteiger partial charge in [0.25, 0.3) is 0 Å². The highest BCUT2D eigenvalue weighted by atomic mass is 32.1. The Labute approximate surface area is 117 Å². The summed E-state index contributed by atoms with van der Waals surface area (Å²) in [6, 6.07) is 10.8. The van der Waals surface area contributed by atoms with Crippen LogP contribution in [-0.2, 0) is 6.54 Å². The van der Waals surface area contributed by atoms with Crippen LogP contribution in [0, 0.1) is 0 Å². The van der Waals surface area contributed by atoms with Crippen molar-refractivity contribution >= 4 is 22.2 Å². The maximum Gasteiger partial charge on any atom is 0.0689 e. The molecule has 4 heteroatoms. The highest BCUT2D eigenvalue weighted by molar-refractivity contribution is 7.13. The smallest absolute Gasteiger partial charge is 0.0689 e. The molecule has 0 aliphatic heterocycles. The third kappa shape index (κ3) is 2.55. The zero-order valence-electron chi connectivity index (χ0n) is 11.2. The monoisotopic (exact) mass is 271 g/mol. The van der Waals surface area contributed by atoms with Crippen molar-refractivity contribution in [1.82, 2.24) is 14.7 Å². The Morgan fingerprint density at radius 1 is 1.26 bits per heavy atom. The first-order valence-corrected chi connectivity index (χ1v) is 7.26. The normalized spacial score (nSPS) is 11.5. The number of aromatic nitrogens is 2. The van der Waals surface area contributed by atoms with Gasteiger partial charge in [-0.3, -0.25) is 4.68 Å². The molecule has 0 saturated carbocycles. The van der Waals surface area contributed by atoms with E-state index in [0.717, 1.165) is 13.1 Å². The molecule has 2 heterocycles. The zero-order valence-corrected chi connectivity index (χ0v) is 12.0. The largest absolute Gasteiger partial charge is 0.308 e. The fraction of sp³-hybridized carbons (Fsp3) is 0.267. The molecule has 1 aromatic carbocycles. The summed E-state index contributed by atoms with van der Waals surface area (Å²) in [7, 11) is 4.17. The summed E-state index contributed by atoms with van der Waals surface area (Å²) in [5, 5.41) is 7.80. The second kappa shape index (κ2) is 5.15. The van der Waals surface area contributed by atoms with Gasteiger partial charge < -0.3 is 4.90 Å². The summed E-state index contributed by atoms with van der Waals surface area (Å²) < 4.78 is 2.09. The maximum absolute atomic E-state index is 4.48. The van der Waals surface area contributed by atoms with E-state index >= 15 is 0 Å². The molecule has 0 amide bonds. The Bertz CT molecular complexity index is 668. The van der Waals surface area contributed by atoms with Crippen LogP contribution in [0.4, 0.5) is 0 Å². The lowest BCUT2D eigenvalue weighted by Crippen LogP contribution is -2.18. The molecule has 0 fully saturated rings. The number of hydrogen-bond donors (Lipinski definition) is 0. The first kappa shape index (κ1) is 12.4. The van der Waals surface area contributed by atoms with Crippen LogP contribution in [0.25, 0.3) is 21.3 Å². The third-order valence-electron chi connectivity index (χ3n) is 3.21. The molecule has 0 N–H and O–H groups in total. The van der Waals surface area contributed by atoms with Gasteiger partial charge in [-0.05, 0) is 37.2 Å². The lowest BCUT2D eigenvalue weighted by Gasteiger charge is -2.10. The predicted octanol–water partition coefficient (Wildman–Crippen LogP) is 3.33. The molecule has 2 aromatic heterocycles. The molecule has 0 saturated heterocycles. The van der Waals surface area contributed by atoms with Gasteiger partial charge in [0.2, 0.25) is 0 Å². The number of likely N-dealkylation sites (N-methyl/N-ethyl adjacent to an activating group) is 1. The Morgan fingerprint density at radius 2 is 2.16 bits per heavy atom. The van der Waals surface area contributed by atoms with Crippen molar-refractivity contribution in [3.05, 3.63) is 41.9 Å². The first-order chi connectivity index (χ1) is 9.24. The van der Waals surface area contributed by atoms with E-state index in [1.807, 2.05) is 6.20 Å². The summed E-state index contributed by atoms with van der Waals surface area (Å²) in [4.78, 5) is 3.48. The van der Waals surface area contributed by atoms with E-state index in [0.29, 0.717) is 0 Å². The summed E-state index contributed by atoms with van der Waals surface area (Å²) in [6.07, 6.45) is 1.95. The molecule has 0 radical (unpaired) electrons. The van der Waals surface area contributed by atoms with Crippen molar-refractivity contribution in [3.8, 4) is 10.4 Å². The molecule has 0 unspecified atom stereocenters. The van der Waals surface area contributed by atoms with E-state index in [-0.39, 0.29) is 0 Å². The van der Waals surface area contributed by atoms with Crippen LogP contribution in [0.15, 0.2) is 41.9 Å². The standard InChI is InChI=1S/C15H17N3S/c1-17(2)7-8-18-14-10-12(15-4-3-9-19-15)5-6-13(14)11-16-18/h3-6,9-11H,7-8H2,1-2H3. The molecule has 0 aliphatic rings. The fourth-order valence-corrected chi connectivity index (χ4v) is 2.86. The first-order valence-electron chi connectivity index (χ1n) is 6.38. The highest BCUT2D eigenvalue weighted by Crippen LogP contribution is 2.27. The number of nitrogens with zero attached hydrogens (tertiary/aromatic N) is 3. The van der Waals surface area contributed by atoms with Crippen molar-refractivity contribution in [2.24, 2.45) is 0 Å². The molecule has 98 valence electrons. The molecule has 0 spiro atoms. The minimum atomic E-state index is 0.921. The molecule has 19 heavy (non-hydrogen) atoms. The van der Waals surface area contributed by atoms with E-state index < -0.39 is 0 Å². The maximum atomic E-state index is 4.48. The second-order valence-electron chi connectivity index (χ2n) is 4.92. The molecule has 3 nitrogen and oxygen atoms in total. The molecule has 0 aliphatic carbocycles. The Balaban J connectivity index is 1.98. The number of benzene rings is 1. The van der Waals surface area contributed by atoms with Crippen LogP contribution in [0.1, 0.15) is 0 Å². The van der Waals surface area contributed by atoms with Gasteiger partial charge in [-0.15, -0.1) is 11.3 Å². The number of fused-ring (bicyclic) bond motifs is 1. The van der Waals surface area contributed by atoms with E-state index in [1.54, 1.807) is 11.3 Å². The van der Waals surface area contributed by atoms with Gasteiger partial charge in [-0.25, -0.2) is 0 Å². The van der Waals surface area contributed by atoms with Crippen molar-refractivity contribution in [1.29, 1.82) is 0 Å². The summed E-state index contributed by atoms with van der Waals surface area (Å²) >= 11 is 1.77. The van der Waals surface area contributed by atoms with E-state index in [4.69, 9.17) is 0 Å². The number of rotatable bonds is 4. The van der Waals surface area contributed by atoms with Crippen LogP contribution < -0.4 is 0 Å². The molecule has 3 aromatic rings. The zero-order chi connectivity index (χ0) is 13.2. The molecule has 3 rings (SSSR count). The minimum absolute atomic E-state index is 0.921. The fourth-order valence-electron chi connectivity index (χ4n) is 2.14. The van der Waals surface area contributed by atoms with Gasteiger partial charge in [0, 0.05) is 16.8 Å². The summed E-state index contributed by atoms with van der Waals surface area (Å²) in [5.74, 6) is 0. The van der Waals surface area contributed by atoms with Crippen LogP contribution in [0.2, 0.25) is 0 Å². The lowest BCUT2D eigenvalue weighted by molar-refractivity contribution is 0.377. The van der Waals surface area contributed by atoms with Gasteiger partial charge in [0.05, 0.1) is 18.3 Å². The van der Waals surface area contributed by atoms with E-state index in [1.165, 1.54) is 21.3 Å². The predicted molar refractivity (Wildman–Crippen MR) is 81.6 cm³/mol. The van der Waals surface area contributed by atoms with E-state index in [9.17, 15) is 0 Å². The number of thiophene rings is 1. The van der Waals surface area contributed by atoms with Gasteiger partial charge in [0.15, 0.2) is 0 Å². The SMILES string of the molecule is CN(C)CCn1ncc2ccc(-c3cccs3)cc21. The van der Waals surface area contributed by atoms with Crippen LogP contribution in [0.5, 0.6) is 0 Å². The van der Waals surface area contributed by atoms with E-state index in [2.05, 4.69) is 64.5 Å². The Morgan fingerprint density at radius 3 is 2.89 bits per heavy atom. The van der Waals surface area contributed by atoms with Gasteiger partial charge in [0.1, 0.15) is 0 Å². The second-order valence-corrected chi connectivity index (χ2v) is 5.87. The van der Waals surface area contributed by atoms with Crippen LogP contribution >= 0.6 is 11.3 Å². The average Bonchev–Trinajstić information content (AvgIpc) is 3.05. The summed E-state index contributed by atoms with van der Waals surface area (Å²) in [6.45, 7) is 1.92. The quantitative estimate of drug-likeness (QED) is 0.726. The third-order valence-corrected chi connectivity index (χ3v) is 4.13. The Kier molecular flexibility index (Phi) is 3.36. The van der Waals surface area contributed by atoms with Crippen LogP contribution in [0.3, 0.4) is 0 Å². The number of hydrogen-bond acceptors (Lipinski definition) is 3. The molecule has 0 atom stereocenters. The lowest BCUT2D eigenvalue weighted by atomic mass is 10.1. The van der Waals surface area contributed by atoms with Gasteiger partial charge in [-0.1, -0.05) is 18.2 Å². The van der Waals surface area contributed by atoms with Crippen LogP contribution in [-0.4, -0.2) is 35.3 Å². The topological polar surface area (TPSA) is 21.1 Å². The van der Waals surface area contributed by atoms with Crippen molar-refractivity contribution in [3.63, 3.8) is 0 Å². The molecular formula is C15H17N3S. The highest BCUT2D eigenvalue weighted by Gasteiger charge is 2.06. The average molecular weight is 271 g/mol. The molecular weight excluding hydrogens is 254 g/mol. The Hall–Kier alpha value is -1.65. The minimum Gasteiger partial charge on any atom is -0.308 e. The van der Waals surface area contributed by atoms with Crippen molar-refractivity contribution in [2.45, 2.75) is 6.54 Å². The molecule has 0 bridgehead atoms.